The van der Waals surface area contributed by atoms with Crippen molar-refractivity contribution in [2.75, 3.05) is 19.6 Å². The summed E-state index contributed by atoms with van der Waals surface area (Å²) in [6.45, 7) is 10.3. The number of carbonyl (C=O) groups is 2. The van der Waals surface area contributed by atoms with Gasteiger partial charge in [0.25, 0.3) is 0 Å². The van der Waals surface area contributed by atoms with Crippen LogP contribution in [0, 0.1) is 0 Å². The van der Waals surface area contributed by atoms with Gasteiger partial charge in [-0.3, -0.25) is 4.90 Å². The van der Waals surface area contributed by atoms with E-state index in [9.17, 15) is 14.7 Å². The topological polar surface area (TPSA) is 70.1 Å². The van der Waals surface area contributed by atoms with Gasteiger partial charge in [-0.25, -0.2) is 9.59 Å². The van der Waals surface area contributed by atoms with Crippen molar-refractivity contribution >= 4 is 12.1 Å². The molecule has 1 fully saturated rings. The van der Waals surface area contributed by atoms with Crippen LogP contribution >= 0.6 is 0 Å². The maximum atomic E-state index is 12.4. The fraction of sp³-hybridized carbons (Fsp3) is 0.619. The number of rotatable bonds is 6. The number of carboxylic acids is 1. The van der Waals surface area contributed by atoms with Crippen LogP contribution in [0.4, 0.5) is 4.79 Å². The van der Waals surface area contributed by atoms with Gasteiger partial charge in [-0.2, -0.15) is 0 Å². The van der Waals surface area contributed by atoms with Crippen molar-refractivity contribution in [3.63, 3.8) is 0 Å². The number of aromatic carboxylic acids is 1. The SMILES string of the molecule is CCCC[C@H]1CN(C(=O)OC(C)(C)C)CCN1Cc1ccccc1C(=O)O. The first-order valence-corrected chi connectivity index (χ1v) is 9.74. The van der Waals surface area contributed by atoms with Gasteiger partial charge in [0.05, 0.1) is 5.56 Å². The van der Waals surface area contributed by atoms with E-state index in [1.165, 1.54) is 0 Å². The van der Waals surface area contributed by atoms with E-state index in [2.05, 4.69) is 11.8 Å². The molecule has 1 N–H and O–H groups in total. The Hall–Kier alpha value is -2.08. The summed E-state index contributed by atoms with van der Waals surface area (Å²) >= 11 is 0. The van der Waals surface area contributed by atoms with Crippen LogP contribution < -0.4 is 0 Å². The molecule has 1 atom stereocenters. The molecule has 0 saturated carbocycles. The smallest absolute Gasteiger partial charge is 0.410 e. The van der Waals surface area contributed by atoms with Crippen molar-refractivity contribution in [3.05, 3.63) is 35.4 Å². The molecule has 1 aliphatic rings. The summed E-state index contributed by atoms with van der Waals surface area (Å²) in [6.07, 6.45) is 2.87. The monoisotopic (exact) mass is 376 g/mol. The fourth-order valence-electron chi connectivity index (χ4n) is 3.39. The number of amides is 1. The zero-order valence-corrected chi connectivity index (χ0v) is 16.9. The van der Waals surface area contributed by atoms with E-state index in [1.54, 1.807) is 17.0 Å². The van der Waals surface area contributed by atoms with Gasteiger partial charge in [-0.15, -0.1) is 0 Å². The Morgan fingerprint density at radius 2 is 1.93 bits per heavy atom. The predicted octanol–water partition coefficient (Wildman–Crippen LogP) is 4.00. The van der Waals surface area contributed by atoms with Gasteiger partial charge >= 0.3 is 12.1 Å². The van der Waals surface area contributed by atoms with E-state index >= 15 is 0 Å². The molecule has 1 amide bonds. The van der Waals surface area contributed by atoms with Crippen molar-refractivity contribution in [3.8, 4) is 0 Å². The highest BCUT2D eigenvalue weighted by Crippen LogP contribution is 2.22. The van der Waals surface area contributed by atoms with Crippen molar-refractivity contribution in [1.82, 2.24) is 9.80 Å². The summed E-state index contributed by atoms with van der Waals surface area (Å²) < 4.78 is 5.52. The molecule has 2 rings (SSSR count). The van der Waals surface area contributed by atoms with Gasteiger partial charge < -0.3 is 14.7 Å². The number of carboxylic acid groups (broad SMARTS) is 1. The average molecular weight is 376 g/mol. The highest BCUT2D eigenvalue weighted by atomic mass is 16.6. The van der Waals surface area contributed by atoms with E-state index in [-0.39, 0.29) is 12.1 Å². The lowest BCUT2D eigenvalue weighted by Gasteiger charge is -2.42. The normalized spacial score (nSPS) is 18.4. The summed E-state index contributed by atoms with van der Waals surface area (Å²) in [5, 5.41) is 9.44. The standard InChI is InChI=1S/C21H32N2O4/c1-5-6-10-17-15-23(20(26)27-21(2,3)4)13-12-22(17)14-16-9-7-8-11-18(16)19(24)25/h7-9,11,17H,5-6,10,12-15H2,1-4H3,(H,24,25)/t17-/m0/s1. The quantitative estimate of drug-likeness (QED) is 0.813. The molecule has 0 spiro atoms. The lowest BCUT2D eigenvalue weighted by Crippen LogP contribution is -2.55. The molecule has 1 aromatic carbocycles. The second-order valence-corrected chi connectivity index (χ2v) is 8.16. The third kappa shape index (κ3) is 6.24. The first-order valence-electron chi connectivity index (χ1n) is 9.74. The summed E-state index contributed by atoms with van der Waals surface area (Å²) in [7, 11) is 0. The van der Waals surface area contributed by atoms with E-state index < -0.39 is 11.6 Å². The molecular weight excluding hydrogens is 344 g/mol. The van der Waals surface area contributed by atoms with Gasteiger partial charge in [0.15, 0.2) is 0 Å². The highest BCUT2D eigenvalue weighted by molar-refractivity contribution is 5.89. The molecule has 0 unspecified atom stereocenters. The number of hydrogen-bond donors (Lipinski definition) is 1. The number of hydrogen-bond acceptors (Lipinski definition) is 4. The lowest BCUT2D eigenvalue weighted by atomic mass is 10.0. The van der Waals surface area contributed by atoms with Crippen molar-refractivity contribution in [1.29, 1.82) is 0 Å². The second kappa shape index (κ2) is 9.22. The predicted molar refractivity (Wildman–Crippen MR) is 105 cm³/mol. The zero-order valence-electron chi connectivity index (χ0n) is 16.9. The largest absolute Gasteiger partial charge is 0.478 e. The van der Waals surface area contributed by atoms with Crippen LogP contribution in [0.2, 0.25) is 0 Å². The van der Waals surface area contributed by atoms with Crippen LogP contribution in [0.1, 0.15) is 62.9 Å². The molecule has 1 aromatic rings. The van der Waals surface area contributed by atoms with E-state index in [0.717, 1.165) is 24.8 Å². The van der Waals surface area contributed by atoms with Gasteiger partial charge in [0.2, 0.25) is 0 Å². The zero-order chi connectivity index (χ0) is 20.0. The van der Waals surface area contributed by atoms with Gasteiger partial charge in [0.1, 0.15) is 5.60 Å². The van der Waals surface area contributed by atoms with Gasteiger partial charge in [-0.05, 0) is 38.8 Å². The van der Waals surface area contributed by atoms with Gasteiger partial charge in [-0.1, -0.05) is 38.0 Å². The van der Waals surface area contributed by atoms with Crippen LogP contribution in [0.25, 0.3) is 0 Å². The first kappa shape index (κ1) is 21.2. The third-order valence-electron chi connectivity index (χ3n) is 4.77. The van der Waals surface area contributed by atoms with Gasteiger partial charge in [0, 0.05) is 32.2 Å². The van der Waals surface area contributed by atoms with Crippen LogP contribution in [0.15, 0.2) is 24.3 Å². The Bertz CT molecular complexity index is 654. The van der Waals surface area contributed by atoms with Crippen LogP contribution in [0.5, 0.6) is 0 Å². The van der Waals surface area contributed by atoms with E-state index in [0.29, 0.717) is 31.7 Å². The number of ether oxygens (including phenoxy) is 1. The minimum absolute atomic E-state index is 0.202. The Morgan fingerprint density at radius 1 is 1.22 bits per heavy atom. The molecule has 1 saturated heterocycles. The van der Waals surface area contributed by atoms with Crippen molar-refractivity contribution in [2.45, 2.75) is 65.1 Å². The Kier molecular flexibility index (Phi) is 7.25. The van der Waals surface area contributed by atoms with E-state index in [1.807, 2.05) is 32.9 Å². The van der Waals surface area contributed by atoms with Crippen LogP contribution in [-0.2, 0) is 11.3 Å². The molecule has 0 aliphatic carbocycles. The first-order chi connectivity index (χ1) is 12.7. The number of benzene rings is 1. The van der Waals surface area contributed by atoms with Crippen LogP contribution in [0.3, 0.4) is 0 Å². The molecule has 6 heteroatoms. The molecule has 150 valence electrons. The summed E-state index contributed by atoms with van der Waals surface area (Å²) in [4.78, 5) is 28.0. The number of carbonyl (C=O) groups excluding carboxylic acids is 1. The average Bonchev–Trinajstić information content (AvgIpc) is 2.59. The van der Waals surface area contributed by atoms with Crippen molar-refractivity contribution < 1.29 is 19.4 Å². The highest BCUT2D eigenvalue weighted by Gasteiger charge is 2.32. The molecule has 0 aromatic heterocycles. The molecule has 0 radical (unpaired) electrons. The maximum Gasteiger partial charge on any atom is 0.410 e. The minimum atomic E-state index is -0.900. The Balaban J connectivity index is 2.11. The fourth-order valence-corrected chi connectivity index (χ4v) is 3.39. The molecular formula is C21H32N2O4. The molecule has 0 bridgehead atoms. The van der Waals surface area contributed by atoms with Crippen molar-refractivity contribution in [2.24, 2.45) is 0 Å². The summed E-state index contributed by atoms with van der Waals surface area (Å²) in [5.74, 6) is -0.900. The molecule has 1 heterocycles. The lowest BCUT2D eigenvalue weighted by molar-refractivity contribution is 0.00101. The third-order valence-corrected chi connectivity index (χ3v) is 4.77. The number of unbranched alkanes of at least 4 members (excludes halogenated alkanes) is 1. The Morgan fingerprint density at radius 3 is 2.56 bits per heavy atom. The molecule has 27 heavy (non-hydrogen) atoms. The molecule has 6 nitrogen and oxygen atoms in total. The summed E-state index contributed by atoms with van der Waals surface area (Å²) in [6, 6.07) is 7.35. The summed E-state index contributed by atoms with van der Waals surface area (Å²) in [5.41, 5.74) is 0.659. The number of piperazine rings is 1. The van der Waals surface area contributed by atoms with Crippen LogP contribution in [-0.4, -0.2) is 58.2 Å². The Labute approximate surface area is 162 Å². The number of nitrogens with zero attached hydrogens (tertiary/aromatic N) is 2. The van der Waals surface area contributed by atoms with E-state index in [4.69, 9.17) is 4.74 Å². The second-order valence-electron chi connectivity index (χ2n) is 8.16. The molecule has 1 aliphatic heterocycles. The minimum Gasteiger partial charge on any atom is -0.478 e. The maximum absolute atomic E-state index is 12.4.